The van der Waals surface area contributed by atoms with Gasteiger partial charge in [0.1, 0.15) is 5.76 Å². The van der Waals surface area contributed by atoms with Crippen LogP contribution in [0.2, 0.25) is 0 Å². The number of carbonyl (C=O) groups is 2. The van der Waals surface area contributed by atoms with Crippen LogP contribution in [0.15, 0.2) is 59.2 Å². The SMILES string of the molecule is O=C(/C=C/c1ccco1)O[C@H](C(=O)N1CCCCC1)c1ccccc1. The average Bonchev–Trinajstić information content (AvgIpc) is 3.19. The number of piperidine rings is 1. The molecule has 5 heteroatoms. The van der Waals surface area contributed by atoms with Gasteiger partial charge in [0, 0.05) is 24.7 Å². The number of nitrogens with zero attached hydrogens (tertiary/aromatic N) is 1. The summed E-state index contributed by atoms with van der Waals surface area (Å²) < 4.78 is 10.6. The molecule has 25 heavy (non-hydrogen) atoms. The Morgan fingerprint density at radius 3 is 2.48 bits per heavy atom. The predicted octanol–water partition coefficient (Wildman–Crippen LogP) is 3.59. The summed E-state index contributed by atoms with van der Waals surface area (Å²) in [5.41, 5.74) is 0.679. The van der Waals surface area contributed by atoms with E-state index in [1.807, 2.05) is 18.2 Å². The van der Waals surface area contributed by atoms with Crippen LogP contribution in [-0.2, 0) is 14.3 Å². The van der Waals surface area contributed by atoms with E-state index in [1.54, 1.807) is 29.2 Å². The first-order chi connectivity index (χ1) is 12.2. The van der Waals surface area contributed by atoms with Gasteiger partial charge in [-0.3, -0.25) is 4.79 Å². The van der Waals surface area contributed by atoms with Crippen molar-refractivity contribution in [3.63, 3.8) is 0 Å². The summed E-state index contributed by atoms with van der Waals surface area (Å²) in [6, 6.07) is 12.6. The first-order valence-electron chi connectivity index (χ1n) is 8.50. The molecular formula is C20H21NO4. The fourth-order valence-electron chi connectivity index (χ4n) is 2.86. The third-order valence-corrected chi connectivity index (χ3v) is 4.16. The molecule has 1 atom stereocenters. The topological polar surface area (TPSA) is 59.8 Å². The number of amides is 1. The third-order valence-electron chi connectivity index (χ3n) is 4.16. The highest BCUT2D eigenvalue weighted by molar-refractivity contribution is 5.90. The molecule has 1 aromatic heterocycles. The van der Waals surface area contributed by atoms with E-state index in [4.69, 9.17) is 9.15 Å². The number of rotatable bonds is 5. The lowest BCUT2D eigenvalue weighted by Crippen LogP contribution is -2.40. The van der Waals surface area contributed by atoms with E-state index < -0.39 is 12.1 Å². The standard InChI is InChI=1S/C20H21NO4/c22-18(12-11-17-10-7-15-24-17)25-19(16-8-3-1-4-9-16)20(23)21-13-5-2-6-14-21/h1,3-4,7-12,15,19H,2,5-6,13-14H2/b12-11+/t19-/m0/s1. The summed E-state index contributed by atoms with van der Waals surface area (Å²) in [6.45, 7) is 1.42. The lowest BCUT2D eigenvalue weighted by Gasteiger charge is -2.30. The van der Waals surface area contributed by atoms with Gasteiger partial charge in [-0.05, 0) is 37.5 Å². The van der Waals surface area contributed by atoms with Crippen LogP contribution in [0.1, 0.15) is 36.7 Å². The van der Waals surface area contributed by atoms with Crippen molar-refractivity contribution in [1.29, 1.82) is 0 Å². The maximum atomic E-state index is 12.9. The van der Waals surface area contributed by atoms with E-state index in [2.05, 4.69) is 0 Å². The van der Waals surface area contributed by atoms with Crippen molar-refractivity contribution in [3.8, 4) is 0 Å². The van der Waals surface area contributed by atoms with E-state index in [0.717, 1.165) is 19.3 Å². The summed E-state index contributed by atoms with van der Waals surface area (Å²) in [4.78, 5) is 26.8. The highest BCUT2D eigenvalue weighted by Gasteiger charge is 2.29. The molecule has 1 amide bonds. The Labute approximate surface area is 146 Å². The smallest absolute Gasteiger partial charge is 0.332 e. The van der Waals surface area contributed by atoms with Gasteiger partial charge in [-0.25, -0.2) is 4.79 Å². The fourth-order valence-corrected chi connectivity index (χ4v) is 2.86. The summed E-state index contributed by atoms with van der Waals surface area (Å²) >= 11 is 0. The van der Waals surface area contributed by atoms with Gasteiger partial charge in [-0.15, -0.1) is 0 Å². The number of benzene rings is 1. The van der Waals surface area contributed by atoms with Gasteiger partial charge >= 0.3 is 5.97 Å². The number of hydrogen-bond donors (Lipinski definition) is 0. The van der Waals surface area contributed by atoms with Crippen molar-refractivity contribution in [3.05, 3.63) is 66.1 Å². The molecule has 0 saturated carbocycles. The average molecular weight is 339 g/mol. The molecule has 0 unspecified atom stereocenters. The van der Waals surface area contributed by atoms with Crippen molar-refractivity contribution < 1.29 is 18.7 Å². The van der Waals surface area contributed by atoms with Crippen LogP contribution < -0.4 is 0 Å². The Morgan fingerprint density at radius 2 is 1.80 bits per heavy atom. The molecule has 0 spiro atoms. The Morgan fingerprint density at radius 1 is 1.04 bits per heavy atom. The van der Waals surface area contributed by atoms with E-state index >= 15 is 0 Å². The molecule has 5 nitrogen and oxygen atoms in total. The quantitative estimate of drug-likeness (QED) is 0.617. The number of carbonyl (C=O) groups excluding carboxylic acids is 2. The Bertz CT molecular complexity index is 715. The van der Waals surface area contributed by atoms with Crippen molar-refractivity contribution in [2.45, 2.75) is 25.4 Å². The van der Waals surface area contributed by atoms with Gasteiger partial charge in [-0.1, -0.05) is 30.3 Å². The Hall–Kier alpha value is -2.82. The summed E-state index contributed by atoms with van der Waals surface area (Å²) in [7, 11) is 0. The Balaban J connectivity index is 1.74. The van der Waals surface area contributed by atoms with Gasteiger partial charge in [0.25, 0.3) is 5.91 Å². The van der Waals surface area contributed by atoms with Crippen LogP contribution in [0.5, 0.6) is 0 Å². The Kier molecular flexibility index (Phi) is 5.67. The molecule has 1 aromatic carbocycles. The molecular weight excluding hydrogens is 318 g/mol. The highest BCUT2D eigenvalue weighted by Crippen LogP contribution is 2.23. The summed E-state index contributed by atoms with van der Waals surface area (Å²) in [5.74, 6) is -0.183. The van der Waals surface area contributed by atoms with Gasteiger partial charge in [0.05, 0.1) is 6.26 Å². The second-order valence-corrected chi connectivity index (χ2v) is 5.96. The van der Waals surface area contributed by atoms with Crippen molar-refractivity contribution in [2.75, 3.05) is 13.1 Å². The number of likely N-dealkylation sites (tertiary alicyclic amines) is 1. The molecule has 130 valence electrons. The van der Waals surface area contributed by atoms with E-state index in [0.29, 0.717) is 24.4 Å². The maximum Gasteiger partial charge on any atom is 0.332 e. The largest absolute Gasteiger partial charge is 0.465 e. The molecule has 0 bridgehead atoms. The van der Waals surface area contributed by atoms with Crippen LogP contribution in [0.4, 0.5) is 0 Å². The predicted molar refractivity (Wildman–Crippen MR) is 93.4 cm³/mol. The maximum absolute atomic E-state index is 12.9. The van der Waals surface area contributed by atoms with Crippen LogP contribution in [-0.4, -0.2) is 29.9 Å². The normalized spacial score (nSPS) is 15.9. The van der Waals surface area contributed by atoms with E-state index in [-0.39, 0.29) is 5.91 Å². The summed E-state index contributed by atoms with van der Waals surface area (Å²) in [6.07, 6.45) is 6.50. The minimum Gasteiger partial charge on any atom is -0.465 e. The third kappa shape index (κ3) is 4.59. The lowest BCUT2D eigenvalue weighted by molar-refractivity contribution is -0.157. The molecule has 0 radical (unpaired) electrons. The minimum atomic E-state index is -0.923. The van der Waals surface area contributed by atoms with Crippen molar-refractivity contribution >= 4 is 18.0 Å². The van der Waals surface area contributed by atoms with Gasteiger partial charge in [-0.2, -0.15) is 0 Å². The molecule has 3 rings (SSSR count). The van der Waals surface area contributed by atoms with Crippen LogP contribution in [0, 0.1) is 0 Å². The molecule has 2 heterocycles. The zero-order chi connectivity index (χ0) is 17.5. The minimum absolute atomic E-state index is 0.161. The number of furan rings is 1. The monoisotopic (exact) mass is 339 g/mol. The first kappa shape index (κ1) is 17.0. The van der Waals surface area contributed by atoms with Crippen LogP contribution in [0.3, 0.4) is 0 Å². The number of hydrogen-bond acceptors (Lipinski definition) is 4. The molecule has 1 aliphatic rings. The van der Waals surface area contributed by atoms with E-state index in [9.17, 15) is 9.59 Å². The molecule has 0 aliphatic carbocycles. The zero-order valence-electron chi connectivity index (χ0n) is 14.0. The molecule has 0 N–H and O–H groups in total. The highest BCUT2D eigenvalue weighted by atomic mass is 16.5. The van der Waals surface area contributed by atoms with Crippen LogP contribution in [0.25, 0.3) is 6.08 Å². The first-order valence-corrected chi connectivity index (χ1v) is 8.50. The second-order valence-electron chi connectivity index (χ2n) is 5.96. The zero-order valence-corrected chi connectivity index (χ0v) is 14.0. The van der Waals surface area contributed by atoms with Gasteiger partial charge in [0.2, 0.25) is 6.10 Å². The second kappa shape index (κ2) is 8.33. The van der Waals surface area contributed by atoms with Crippen molar-refractivity contribution in [1.82, 2.24) is 4.90 Å². The summed E-state index contributed by atoms with van der Waals surface area (Å²) in [5, 5.41) is 0. The molecule has 1 saturated heterocycles. The molecule has 1 fully saturated rings. The fraction of sp³-hybridized carbons (Fsp3) is 0.300. The molecule has 1 aliphatic heterocycles. The lowest BCUT2D eigenvalue weighted by atomic mass is 10.1. The van der Waals surface area contributed by atoms with Gasteiger partial charge < -0.3 is 14.1 Å². The van der Waals surface area contributed by atoms with E-state index in [1.165, 1.54) is 18.4 Å². The van der Waals surface area contributed by atoms with Crippen LogP contribution >= 0.6 is 0 Å². The molecule has 2 aromatic rings. The van der Waals surface area contributed by atoms with Crippen molar-refractivity contribution in [2.24, 2.45) is 0 Å². The number of ether oxygens (including phenoxy) is 1. The van der Waals surface area contributed by atoms with Gasteiger partial charge in [0.15, 0.2) is 0 Å². The number of esters is 1.